The normalized spacial score (nSPS) is 10.7. The zero-order chi connectivity index (χ0) is 24.2. The second-order valence-corrected chi connectivity index (χ2v) is 8.72. The van der Waals surface area contributed by atoms with E-state index in [9.17, 15) is 9.59 Å². The highest BCUT2D eigenvalue weighted by Gasteiger charge is 2.10. The molecule has 0 bridgehead atoms. The maximum atomic E-state index is 12.4. The molecule has 0 aliphatic carbocycles. The van der Waals surface area contributed by atoms with E-state index in [0.29, 0.717) is 11.3 Å². The van der Waals surface area contributed by atoms with Crippen molar-refractivity contribution in [3.8, 4) is 16.9 Å². The lowest BCUT2D eigenvalue weighted by Crippen LogP contribution is -2.08. The third kappa shape index (κ3) is 7.87. The first-order valence-electron chi connectivity index (χ1n) is 12.3. The summed E-state index contributed by atoms with van der Waals surface area (Å²) in [5.74, 6) is -1.18. The molecule has 4 nitrogen and oxygen atoms in total. The van der Waals surface area contributed by atoms with Crippen LogP contribution >= 0.6 is 0 Å². The number of carboxylic acid groups (broad SMARTS) is 1. The van der Waals surface area contributed by atoms with E-state index in [1.165, 1.54) is 81.2 Å². The Balaban J connectivity index is 1.46. The minimum Gasteiger partial charge on any atom is -0.478 e. The first-order chi connectivity index (χ1) is 16.6. The molecule has 3 aromatic carbocycles. The fourth-order valence-corrected chi connectivity index (χ4v) is 3.96. The molecule has 0 unspecified atom stereocenters. The zero-order valence-corrected chi connectivity index (χ0v) is 20.0. The molecule has 178 valence electrons. The van der Waals surface area contributed by atoms with Gasteiger partial charge in [0.2, 0.25) is 0 Å². The van der Waals surface area contributed by atoms with E-state index in [-0.39, 0.29) is 5.56 Å². The average molecular weight is 459 g/mol. The summed E-state index contributed by atoms with van der Waals surface area (Å²) in [4.78, 5) is 23.3. The lowest BCUT2D eigenvalue weighted by molar-refractivity contribution is 0.0696. The van der Waals surface area contributed by atoms with Gasteiger partial charge >= 0.3 is 11.9 Å². The molecule has 0 heterocycles. The number of hydrogen-bond acceptors (Lipinski definition) is 3. The quantitative estimate of drug-likeness (QED) is 0.160. The molecule has 0 fully saturated rings. The number of aryl methyl sites for hydroxylation is 1. The molecule has 0 amide bonds. The number of unbranched alkanes of at least 4 members (excludes halogenated alkanes) is 7. The van der Waals surface area contributed by atoms with E-state index in [2.05, 4.69) is 31.2 Å². The fraction of sp³-hybridized carbons (Fsp3) is 0.333. The topological polar surface area (TPSA) is 63.6 Å². The number of benzene rings is 3. The molecule has 0 radical (unpaired) electrons. The molecule has 0 aliphatic heterocycles. The smallest absolute Gasteiger partial charge is 0.343 e. The van der Waals surface area contributed by atoms with Crippen LogP contribution in [0, 0.1) is 0 Å². The SMILES string of the molecule is CCCCCCCCCCc1ccc(-c2ccc(C(=O)Oc3ccc(C(=O)O)cc3)cc2)cc1. The number of carbonyl (C=O) groups excluding carboxylic acids is 1. The van der Waals surface area contributed by atoms with Crippen molar-refractivity contribution in [2.24, 2.45) is 0 Å². The first kappa shape index (κ1) is 25.2. The molecule has 3 rings (SSSR count). The van der Waals surface area contributed by atoms with E-state index in [0.717, 1.165) is 17.5 Å². The van der Waals surface area contributed by atoms with Crippen LogP contribution in [-0.2, 0) is 6.42 Å². The highest BCUT2D eigenvalue weighted by atomic mass is 16.5. The van der Waals surface area contributed by atoms with E-state index in [1.54, 1.807) is 12.1 Å². The Bertz CT molecular complexity index is 1030. The largest absolute Gasteiger partial charge is 0.478 e. The molecule has 4 heteroatoms. The second-order valence-electron chi connectivity index (χ2n) is 8.72. The summed E-state index contributed by atoms with van der Waals surface area (Å²) in [6.45, 7) is 2.26. The van der Waals surface area contributed by atoms with Crippen molar-refractivity contribution >= 4 is 11.9 Å². The van der Waals surface area contributed by atoms with Gasteiger partial charge in [-0.05, 0) is 65.9 Å². The van der Waals surface area contributed by atoms with Crippen LogP contribution in [0.4, 0.5) is 0 Å². The van der Waals surface area contributed by atoms with Crippen LogP contribution in [0.5, 0.6) is 5.75 Å². The number of carbonyl (C=O) groups is 2. The van der Waals surface area contributed by atoms with Crippen LogP contribution in [0.3, 0.4) is 0 Å². The maximum Gasteiger partial charge on any atom is 0.343 e. The predicted octanol–water partition coefficient (Wildman–Crippen LogP) is 7.95. The third-order valence-electron chi connectivity index (χ3n) is 6.04. The minimum atomic E-state index is -1.02. The van der Waals surface area contributed by atoms with Crippen LogP contribution < -0.4 is 4.74 Å². The lowest BCUT2D eigenvalue weighted by Gasteiger charge is -2.07. The molecule has 3 aromatic rings. The van der Waals surface area contributed by atoms with Crippen LogP contribution in [-0.4, -0.2) is 17.0 Å². The number of rotatable bonds is 13. The highest BCUT2D eigenvalue weighted by Crippen LogP contribution is 2.22. The average Bonchev–Trinajstić information content (AvgIpc) is 2.86. The Hall–Kier alpha value is -3.40. The molecule has 0 aliphatic rings. The van der Waals surface area contributed by atoms with E-state index in [1.807, 2.05) is 12.1 Å². The molecular weight excluding hydrogens is 424 g/mol. The maximum absolute atomic E-state index is 12.4. The van der Waals surface area contributed by atoms with E-state index >= 15 is 0 Å². The Morgan fingerprint density at radius 3 is 1.71 bits per heavy atom. The standard InChI is InChI=1S/C30H34O4/c1-2-3-4-5-6-7-8-9-10-23-11-13-24(14-12-23)25-15-17-27(18-16-25)30(33)34-28-21-19-26(20-22-28)29(31)32/h11-22H,2-10H2,1H3,(H,31,32). The molecule has 1 N–H and O–H groups in total. The van der Waals surface area contributed by atoms with E-state index < -0.39 is 11.9 Å². The van der Waals surface area contributed by atoms with Gasteiger partial charge in [0.1, 0.15) is 5.75 Å². The van der Waals surface area contributed by atoms with Crippen molar-refractivity contribution in [1.82, 2.24) is 0 Å². The van der Waals surface area contributed by atoms with Crippen molar-refractivity contribution in [1.29, 1.82) is 0 Å². The van der Waals surface area contributed by atoms with Crippen molar-refractivity contribution in [2.45, 2.75) is 64.7 Å². The van der Waals surface area contributed by atoms with Gasteiger partial charge < -0.3 is 9.84 Å². The summed E-state index contributed by atoms with van der Waals surface area (Å²) < 4.78 is 5.34. The van der Waals surface area contributed by atoms with Crippen LogP contribution in [0.1, 0.15) is 84.6 Å². The molecule has 0 spiro atoms. The first-order valence-corrected chi connectivity index (χ1v) is 12.3. The van der Waals surface area contributed by atoms with Gasteiger partial charge in [0.15, 0.2) is 0 Å². The number of hydrogen-bond donors (Lipinski definition) is 1. The van der Waals surface area contributed by atoms with Crippen LogP contribution in [0.25, 0.3) is 11.1 Å². The van der Waals surface area contributed by atoms with Crippen molar-refractivity contribution in [3.63, 3.8) is 0 Å². The molecular formula is C30H34O4. The third-order valence-corrected chi connectivity index (χ3v) is 6.04. The highest BCUT2D eigenvalue weighted by molar-refractivity contribution is 5.92. The lowest BCUT2D eigenvalue weighted by atomic mass is 10.00. The summed E-state index contributed by atoms with van der Waals surface area (Å²) in [6, 6.07) is 21.8. The monoisotopic (exact) mass is 458 g/mol. The van der Waals surface area contributed by atoms with Crippen molar-refractivity contribution < 1.29 is 19.4 Å². The number of aromatic carboxylic acids is 1. The van der Waals surface area contributed by atoms with Gasteiger partial charge in [-0.25, -0.2) is 9.59 Å². The van der Waals surface area contributed by atoms with E-state index in [4.69, 9.17) is 9.84 Å². The summed E-state index contributed by atoms with van der Waals surface area (Å²) >= 11 is 0. The summed E-state index contributed by atoms with van der Waals surface area (Å²) in [5, 5.41) is 8.95. The van der Waals surface area contributed by atoms with Gasteiger partial charge in [-0.3, -0.25) is 0 Å². The van der Waals surface area contributed by atoms with Gasteiger partial charge in [-0.2, -0.15) is 0 Å². The van der Waals surface area contributed by atoms with Gasteiger partial charge in [0.25, 0.3) is 0 Å². The second kappa shape index (κ2) is 13.3. The molecule has 0 saturated heterocycles. The van der Waals surface area contributed by atoms with Gasteiger partial charge in [-0.1, -0.05) is 88.3 Å². The number of esters is 1. The predicted molar refractivity (Wildman–Crippen MR) is 137 cm³/mol. The van der Waals surface area contributed by atoms with Crippen molar-refractivity contribution in [3.05, 3.63) is 89.5 Å². The van der Waals surface area contributed by atoms with Crippen molar-refractivity contribution in [2.75, 3.05) is 0 Å². The van der Waals surface area contributed by atoms with Gasteiger partial charge in [0.05, 0.1) is 11.1 Å². The summed E-state index contributed by atoms with van der Waals surface area (Å²) in [5.41, 5.74) is 4.11. The fourth-order valence-electron chi connectivity index (χ4n) is 3.96. The minimum absolute atomic E-state index is 0.146. The number of ether oxygens (including phenoxy) is 1. The van der Waals surface area contributed by atoms with Crippen LogP contribution in [0.15, 0.2) is 72.8 Å². The van der Waals surface area contributed by atoms with Gasteiger partial charge in [0, 0.05) is 0 Å². The van der Waals surface area contributed by atoms with Gasteiger partial charge in [-0.15, -0.1) is 0 Å². The Kier molecular flexibility index (Phi) is 9.90. The summed E-state index contributed by atoms with van der Waals surface area (Å²) in [6.07, 6.45) is 11.8. The summed E-state index contributed by atoms with van der Waals surface area (Å²) in [7, 11) is 0. The Morgan fingerprint density at radius 2 is 1.15 bits per heavy atom. The molecule has 34 heavy (non-hydrogen) atoms. The molecule has 0 atom stereocenters. The Morgan fingerprint density at radius 1 is 0.647 bits per heavy atom. The number of carboxylic acids is 1. The zero-order valence-electron chi connectivity index (χ0n) is 20.0. The van der Waals surface area contributed by atoms with Crippen LogP contribution in [0.2, 0.25) is 0 Å². The molecule has 0 aromatic heterocycles. The Labute approximate surface area is 202 Å². The molecule has 0 saturated carbocycles.